The summed E-state index contributed by atoms with van der Waals surface area (Å²) in [5.74, 6) is 1.01. The molecule has 3 heterocycles. The number of nitriles is 1. The Morgan fingerprint density at radius 3 is 3.07 bits per heavy atom. The first-order chi connectivity index (χ1) is 14.0. The molecule has 4 rings (SSSR count). The van der Waals surface area contributed by atoms with Crippen LogP contribution < -0.4 is 10.5 Å². The van der Waals surface area contributed by atoms with Crippen molar-refractivity contribution in [1.29, 1.82) is 5.26 Å². The number of benzene rings is 1. The minimum atomic E-state index is -0.689. The Bertz CT molecular complexity index is 1070. The average Bonchev–Trinajstić information content (AvgIpc) is 3.36. The number of fused-ring (bicyclic) bond motifs is 1. The van der Waals surface area contributed by atoms with Crippen LogP contribution >= 0.6 is 22.6 Å². The van der Waals surface area contributed by atoms with Crippen molar-refractivity contribution in [1.82, 2.24) is 14.9 Å². The molecule has 2 aromatic heterocycles. The van der Waals surface area contributed by atoms with Crippen LogP contribution in [0, 0.1) is 14.9 Å². The van der Waals surface area contributed by atoms with E-state index in [1.54, 1.807) is 11.1 Å². The second kappa shape index (κ2) is 8.39. The van der Waals surface area contributed by atoms with E-state index < -0.39 is 6.04 Å². The molecule has 1 saturated heterocycles. The third kappa shape index (κ3) is 4.21. The lowest BCUT2D eigenvalue weighted by molar-refractivity contribution is -0.132. The van der Waals surface area contributed by atoms with Crippen LogP contribution in [-0.4, -0.2) is 39.4 Å². The summed E-state index contributed by atoms with van der Waals surface area (Å²) in [4.78, 5) is 21.8. The number of amides is 1. The summed E-state index contributed by atoms with van der Waals surface area (Å²) >= 11 is 2.19. The smallest absolute Gasteiger partial charge is 0.240 e. The van der Waals surface area contributed by atoms with Gasteiger partial charge in [-0.3, -0.25) is 4.79 Å². The minimum absolute atomic E-state index is 0.168. The van der Waals surface area contributed by atoms with E-state index in [-0.39, 0.29) is 11.9 Å². The third-order valence-electron chi connectivity index (χ3n) is 5.10. The molecule has 0 bridgehead atoms. The van der Waals surface area contributed by atoms with Crippen LogP contribution in [0.2, 0.25) is 0 Å². The fraction of sp³-hybridized carbons (Fsp3) is 0.286. The normalized spacial score (nSPS) is 17.3. The molecule has 1 fully saturated rings. The molecule has 0 radical (unpaired) electrons. The van der Waals surface area contributed by atoms with Gasteiger partial charge in [-0.25, -0.2) is 4.98 Å². The number of carbonyl (C=O) groups is 1. The number of aromatic amines is 1. The molecular formula is C21H20IN5O2. The SMILES string of the molecule is N#C[C@@H]1CCCN1C(=O)[C@@H](N)Cc1c[nH]c2ccc(Oc3ccc(I)cn3)cc12. The molecule has 3 aromatic rings. The van der Waals surface area contributed by atoms with Crippen LogP contribution in [0.25, 0.3) is 10.9 Å². The maximum absolute atomic E-state index is 12.7. The summed E-state index contributed by atoms with van der Waals surface area (Å²) in [6.45, 7) is 0.597. The Kier molecular flexibility index (Phi) is 5.69. The van der Waals surface area contributed by atoms with Gasteiger partial charge in [0.1, 0.15) is 11.8 Å². The van der Waals surface area contributed by atoms with Crippen molar-refractivity contribution in [2.45, 2.75) is 31.3 Å². The number of nitrogens with zero attached hydrogens (tertiary/aromatic N) is 3. The summed E-state index contributed by atoms with van der Waals surface area (Å²) in [5, 5.41) is 10.2. The molecule has 0 unspecified atom stereocenters. The van der Waals surface area contributed by atoms with Crippen LogP contribution in [-0.2, 0) is 11.2 Å². The second-order valence-electron chi connectivity index (χ2n) is 7.07. The highest BCUT2D eigenvalue weighted by atomic mass is 127. The van der Waals surface area contributed by atoms with Gasteiger partial charge in [0.2, 0.25) is 11.8 Å². The molecule has 1 aliphatic heterocycles. The van der Waals surface area contributed by atoms with Crippen molar-refractivity contribution in [3.8, 4) is 17.7 Å². The van der Waals surface area contributed by atoms with E-state index >= 15 is 0 Å². The molecule has 2 atom stereocenters. The molecule has 1 aliphatic rings. The van der Waals surface area contributed by atoms with Crippen LogP contribution in [0.5, 0.6) is 11.6 Å². The number of carbonyl (C=O) groups excluding carboxylic acids is 1. The molecule has 0 spiro atoms. The van der Waals surface area contributed by atoms with Gasteiger partial charge in [0.05, 0.1) is 12.1 Å². The van der Waals surface area contributed by atoms with E-state index in [0.717, 1.165) is 32.9 Å². The van der Waals surface area contributed by atoms with E-state index in [2.05, 4.69) is 38.6 Å². The van der Waals surface area contributed by atoms with Gasteiger partial charge >= 0.3 is 0 Å². The zero-order chi connectivity index (χ0) is 20.4. The quantitative estimate of drug-likeness (QED) is 0.522. The topological polar surface area (TPSA) is 108 Å². The Balaban J connectivity index is 1.52. The highest BCUT2D eigenvalue weighted by Crippen LogP contribution is 2.28. The van der Waals surface area contributed by atoms with Crippen molar-refractivity contribution >= 4 is 39.4 Å². The predicted molar refractivity (Wildman–Crippen MR) is 117 cm³/mol. The number of H-pyrrole nitrogens is 1. The third-order valence-corrected chi connectivity index (χ3v) is 5.74. The largest absolute Gasteiger partial charge is 0.439 e. The second-order valence-corrected chi connectivity index (χ2v) is 8.31. The van der Waals surface area contributed by atoms with Crippen molar-refractivity contribution in [2.75, 3.05) is 6.54 Å². The first kappa shape index (κ1) is 19.7. The number of halogens is 1. The van der Waals surface area contributed by atoms with E-state index in [0.29, 0.717) is 24.6 Å². The van der Waals surface area contributed by atoms with Gasteiger partial charge in [0.15, 0.2) is 0 Å². The summed E-state index contributed by atoms with van der Waals surface area (Å²) < 4.78 is 6.89. The van der Waals surface area contributed by atoms with Crippen LogP contribution in [0.3, 0.4) is 0 Å². The van der Waals surface area contributed by atoms with Crippen LogP contribution in [0.15, 0.2) is 42.7 Å². The Labute approximate surface area is 182 Å². The van der Waals surface area contributed by atoms with Gasteiger partial charge in [-0.1, -0.05) is 0 Å². The van der Waals surface area contributed by atoms with Crippen LogP contribution in [0.1, 0.15) is 18.4 Å². The van der Waals surface area contributed by atoms with Crippen molar-refractivity contribution in [3.05, 3.63) is 51.9 Å². The number of nitrogens with two attached hydrogens (primary N) is 1. The lowest BCUT2D eigenvalue weighted by Gasteiger charge is -2.23. The van der Waals surface area contributed by atoms with Crippen LogP contribution in [0.4, 0.5) is 0 Å². The lowest BCUT2D eigenvalue weighted by Crippen LogP contribution is -2.46. The molecule has 7 nitrogen and oxygen atoms in total. The number of aromatic nitrogens is 2. The van der Waals surface area contributed by atoms with Crippen molar-refractivity contribution in [2.24, 2.45) is 5.73 Å². The van der Waals surface area contributed by atoms with Gasteiger partial charge in [-0.15, -0.1) is 0 Å². The minimum Gasteiger partial charge on any atom is -0.439 e. The van der Waals surface area contributed by atoms with Gasteiger partial charge < -0.3 is 20.4 Å². The van der Waals surface area contributed by atoms with E-state index in [9.17, 15) is 10.1 Å². The Hall–Kier alpha value is -2.64. The van der Waals surface area contributed by atoms with Gasteiger partial charge in [-0.05, 0) is 71.7 Å². The zero-order valence-corrected chi connectivity index (χ0v) is 17.8. The Morgan fingerprint density at radius 2 is 2.31 bits per heavy atom. The predicted octanol–water partition coefficient (Wildman–Crippen LogP) is 3.34. The first-order valence-electron chi connectivity index (χ1n) is 9.40. The molecule has 8 heteroatoms. The van der Waals surface area contributed by atoms with Crippen molar-refractivity contribution < 1.29 is 9.53 Å². The fourth-order valence-corrected chi connectivity index (χ4v) is 3.95. The standard InChI is InChI=1S/C21H20IN5O2/c22-14-3-6-20(26-12-14)29-16-4-5-19-17(9-16)13(11-25-19)8-18(24)21(28)27-7-1-2-15(27)10-23/h3-6,9,11-12,15,18,25H,1-2,7-8,24H2/t15-,18-/m0/s1. The highest BCUT2D eigenvalue weighted by Gasteiger charge is 2.31. The Morgan fingerprint density at radius 1 is 1.45 bits per heavy atom. The number of hydrogen-bond acceptors (Lipinski definition) is 5. The average molecular weight is 501 g/mol. The molecule has 1 aromatic carbocycles. The highest BCUT2D eigenvalue weighted by molar-refractivity contribution is 14.1. The number of ether oxygens (including phenoxy) is 1. The molecule has 29 heavy (non-hydrogen) atoms. The zero-order valence-electron chi connectivity index (χ0n) is 15.6. The maximum Gasteiger partial charge on any atom is 0.240 e. The summed E-state index contributed by atoms with van der Waals surface area (Å²) in [6, 6.07) is 10.6. The number of nitrogens with one attached hydrogen (secondary N) is 1. The number of likely N-dealkylation sites (tertiary alicyclic amines) is 1. The van der Waals surface area contributed by atoms with E-state index in [1.807, 2.05) is 36.5 Å². The molecular weight excluding hydrogens is 481 g/mol. The van der Waals surface area contributed by atoms with Crippen molar-refractivity contribution in [3.63, 3.8) is 0 Å². The van der Waals surface area contributed by atoms with E-state index in [1.165, 1.54) is 0 Å². The first-order valence-corrected chi connectivity index (χ1v) is 10.5. The van der Waals surface area contributed by atoms with Gasteiger partial charge in [0, 0.05) is 39.5 Å². The number of hydrogen-bond donors (Lipinski definition) is 2. The summed E-state index contributed by atoms with van der Waals surface area (Å²) in [7, 11) is 0. The lowest BCUT2D eigenvalue weighted by atomic mass is 10.0. The molecule has 148 valence electrons. The molecule has 0 saturated carbocycles. The maximum atomic E-state index is 12.7. The van der Waals surface area contributed by atoms with Gasteiger partial charge in [0.25, 0.3) is 0 Å². The number of rotatable bonds is 5. The fourth-order valence-electron chi connectivity index (χ4n) is 3.64. The molecule has 3 N–H and O–H groups in total. The summed E-state index contributed by atoms with van der Waals surface area (Å²) in [5.41, 5.74) is 8.10. The molecule has 1 amide bonds. The van der Waals surface area contributed by atoms with E-state index in [4.69, 9.17) is 10.5 Å². The van der Waals surface area contributed by atoms with Gasteiger partial charge in [-0.2, -0.15) is 5.26 Å². The number of pyridine rings is 1. The monoisotopic (exact) mass is 501 g/mol. The molecule has 0 aliphatic carbocycles. The summed E-state index contributed by atoms with van der Waals surface area (Å²) in [6.07, 6.45) is 5.56.